The highest BCUT2D eigenvalue weighted by molar-refractivity contribution is 5.87. The lowest BCUT2D eigenvalue weighted by molar-refractivity contribution is -0.142. The maximum Gasteiger partial charge on any atom is 0.226 e. The lowest BCUT2D eigenvalue weighted by Gasteiger charge is -2.43. The first-order chi connectivity index (χ1) is 13.2. The molecule has 2 rings (SSSR count). The molecule has 2 amide bonds. The quantitative estimate of drug-likeness (QED) is 0.741. The Morgan fingerprint density at radius 3 is 2.46 bits per heavy atom. The number of primary amides is 1. The zero-order valence-corrected chi connectivity index (χ0v) is 18.1. The lowest BCUT2D eigenvalue weighted by Crippen LogP contribution is -2.56. The van der Waals surface area contributed by atoms with Crippen molar-refractivity contribution in [3.63, 3.8) is 0 Å². The van der Waals surface area contributed by atoms with E-state index in [0.29, 0.717) is 31.8 Å². The Bertz CT molecular complexity index is 674. The van der Waals surface area contributed by atoms with E-state index in [1.54, 1.807) is 0 Å². The summed E-state index contributed by atoms with van der Waals surface area (Å²) >= 11 is 0. The Labute approximate surface area is 170 Å². The highest BCUT2D eigenvalue weighted by Gasteiger charge is 2.37. The standard InChI is InChI=1S/C23H37N3O2/c1-6-8-20(22(24)27)21(13-16(2)3)23(28)25-11-12-26(18(5)15-25)19-10-7-9-17(4)14-19/h7,9-10,14,16,18,20-21H,6,8,11-13,15H2,1-5H3,(H2,24,27). The van der Waals surface area contributed by atoms with Crippen molar-refractivity contribution in [1.82, 2.24) is 4.90 Å². The number of carbonyl (C=O) groups is 2. The number of benzene rings is 1. The van der Waals surface area contributed by atoms with Crippen molar-refractivity contribution >= 4 is 17.5 Å². The van der Waals surface area contributed by atoms with Crippen molar-refractivity contribution in [2.75, 3.05) is 24.5 Å². The number of aryl methyl sites for hydroxylation is 1. The van der Waals surface area contributed by atoms with Gasteiger partial charge in [-0.1, -0.05) is 39.3 Å². The first-order valence-electron chi connectivity index (χ1n) is 10.7. The number of piperazine rings is 1. The summed E-state index contributed by atoms with van der Waals surface area (Å²) in [6.07, 6.45) is 2.24. The molecule has 28 heavy (non-hydrogen) atoms. The molecule has 1 aromatic rings. The van der Waals surface area contributed by atoms with Crippen molar-refractivity contribution < 1.29 is 9.59 Å². The summed E-state index contributed by atoms with van der Waals surface area (Å²) in [5.74, 6) is -0.576. The van der Waals surface area contributed by atoms with Crippen molar-refractivity contribution in [3.8, 4) is 0 Å². The van der Waals surface area contributed by atoms with Gasteiger partial charge in [-0.2, -0.15) is 0 Å². The summed E-state index contributed by atoms with van der Waals surface area (Å²) in [4.78, 5) is 29.8. The summed E-state index contributed by atoms with van der Waals surface area (Å²) in [6.45, 7) is 12.7. The third-order valence-corrected chi connectivity index (χ3v) is 5.77. The van der Waals surface area contributed by atoms with Gasteiger partial charge in [0.05, 0.1) is 0 Å². The van der Waals surface area contributed by atoms with Gasteiger partial charge in [-0.3, -0.25) is 9.59 Å². The third-order valence-electron chi connectivity index (χ3n) is 5.77. The molecular weight excluding hydrogens is 350 g/mol. The Balaban J connectivity index is 2.14. The van der Waals surface area contributed by atoms with Crippen LogP contribution >= 0.6 is 0 Å². The molecule has 2 N–H and O–H groups in total. The van der Waals surface area contributed by atoms with E-state index in [9.17, 15) is 9.59 Å². The number of hydrogen-bond acceptors (Lipinski definition) is 3. The molecule has 1 aliphatic heterocycles. The molecule has 1 saturated heterocycles. The van der Waals surface area contributed by atoms with Gasteiger partial charge in [-0.15, -0.1) is 0 Å². The summed E-state index contributed by atoms with van der Waals surface area (Å²) in [6, 6.07) is 8.74. The molecule has 0 saturated carbocycles. The summed E-state index contributed by atoms with van der Waals surface area (Å²) < 4.78 is 0. The maximum absolute atomic E-state index is 13.4. The van der Waals surface area contributed by atoms with Crippen molar-refractivity contribution in [2.45, 2.75) is 59.9 Å². The lowest BCUT2D eigenvalue weighted by atomic mass is 9.81. The van der Waals surface area contributed by atoms with E-state index in [0.717, 1.165) is 13.0 Å². The minimum atomic E-state index is -0.370. The summed E-state index contributed by atoms with van der Waals surface area (Å²) in [7, 11) is 0. The van der Waals surface area contributed by atoms with Crippen LogP contribution in [0.5, 0.6) is 0 Å². The van der Waals surface area contributed by atoms with Gasteiger partial charge in [0, 0.05) is 43.2 Å². The van der Waals surface area contributed by atoms with Gasteiger partial charge in [0.1, 0.15) is 0 Å². The minimum Gasteiger partial charge on any atom is -0.369 e. The average molecular weight is 388 g/mol. The second-order valence-electron chi connectivity index (χ2n) is 8.70. The molecule has 0 aliphatic carbocycles. The predicted molar refractivity (Wildman–Crippen MR) is 115 cm³/mol. The molecule has 0 spiro atoms. The largest absolute Gasteiger partial charge is 0.369 e. The molecule has 1 fully saturated rings. The third kappa shape index (κ3) is 5.49. The predicted octanol–water partition coefficient (Wildman–Crippen LogP) is 3.60. The van der Waals surface area contributed by atoms with Crippen LogP contribution in [-0.2, 0) is 9.59 Å². The van der Waals surface area contributed by atoms with E-state index in [1.165, 1.54) is 11.3 Å². The fourth-order valence-corrected chi connectivity index (χ4v) is 4.38. The maximum atomic E-state index is 13.4. The van der Waals surface area contributed by atoms with Crippen LogP contribution in [0, 0.1) is 24.7 Å². The Morgan fingerprint density at radius 1 is 1.21 bits per heavy atom. The van der Waals surface area contributed by atoms with Crippen LogP contribution in [0.4, 0.5) is 5.69 Å². The highest BCUT2D eigenvalue weighted by Crippen LogP contribution is 2.29. The van der Waals surface area contributed by atoms with E-state index in [-0.39, 0.29) is 29.7 Å². The van der Waals surface area contributed by atoms with Crippen LogP contribution in [0.25, 0.3) is 0 Å². The van der Waals surface area contributed by atoms with Crippen LogP contribution in [0.3, 0.4) is 0 Å². The van der Waals surface area contributed by atoms with E-state index >= 15 is 0 Å². The SMILES string of the molecule is CCCC(C(N)=O)C(CC(C)C)C(=O)N1CCN(c2cccc(C)c2)C(C)C1. The molecule has 156 valence electrons. The number of rotatable bonds is 8. The molecule has 0 bridgehead atoms. The van der Waals surface area contributed by atoms with E-state index in [2.05, 4.69) is 56.9 Å². The fraction of sp³-hybridized carbons (Fsp3) is 0.652. The van der Waals surface area contributed by atoms with Crippen LogP contribution in [0.15, 0.2) is 24.3 Å². The fourth-order valence-electron chi connectivity index (χ4n) is 4.38. The molecule has 5 heteroatoms. The van der Waals surface area contributed by atoms with Gasteiger partial charge in [0.15, 0.2) is 0 Å². The first-order valence-corrected chi connectivity index (χ1v) is 10.7. The minimum absolute atomic E-state index is 0.0988. The van der Waals surface area contributed by atoms with E-state index < -0.39 is 0 Å². The number of amides is 2. The highest BCUT2D eigenvalue weighted by atomic mass is 16.2. The van der Waals surface area contributed by atoms with Gasteiger partial charge in [0.25, 0.3) is 0 Å². The number of hydrogen-bond donors (Lipinski definition) is 1. The second kappa shape index (κ2) is 9.94. The number of nitrogens with zero attached hydrogens (tertiary/aromatic N) is 2. The molecule has 5 nitrogen and oxygen atoms in total. The second-order valence-corrected chi connectivity index (χ2v) is 8.70. The molecule has 3 atom stereocenters. The van der Waals surface area contributed by atoms with Gasteiger partial charge in [0.2, 0.25) is 11.8 Å². The van der Waals surface area contributed by atoms with Crippen molar-refractivity contribution in [3.05, 3.63) is 29.8 Å². The number of nitrogens with two attached hydrogens (primary N) is 1. The number of carbonyl (C=O) groups excluding carboxylic acids is 2. The smallest absolute Gasteiger partial charge is 0.226 e. The van der Waals surface area contributed by atoms with Gasteiger partial charge in [-0.05, 0) is 50.3 Å². The molecule has 0 aromatic heterocycles. The molecule has 1 heterocycles. The molecule has 1 aromatic carbocycles. The van der Waals surface area contributed by atoms with Gasteiger partial charge < -0.3 is 15.5 Å². The normalized spacial score (nSPS) is 19.6. The summed E-state index contributed by atoms with van der Waals surface area (Å²) in [5.41, 5.74) is 8.14. The molecule has 3 unspecified atom stereocenters. The van der Waals surface area contributed by atoms with Crippen LogP contribution in [0.1, 0.15) is 52.5 Å². The summed E-state index contributed by atoms with van der Waals surface area (Å²) in [5, 5.41) is 0. The van der Waals surface area contributed by atoms with Crippen LogP contribution in [-0.4, -0.2) is 42.4 Å². The molecule has 0 radical (unpaired) electrons. The Morgan fingerprint density at radius 2 is 1.93 bits per heavy atom. The first kappa shape index (κ1) is 22.3. The molecular formula is C23H37N3O2. The van der Waals surface area contributed by atoms with Crippen molar-refractivity contribution in [2.24, 2.45) is 23.5 Å². The van der Waals surface area contributed by atoms with Crippen LogP contribution < -0.4 is 10.6 Å². The van der Waals surface area contributed by atoms with Gasteiger partial charge in [-0.25, -0.2) is 0 Å². The average Bonchev–Trinajstić information content (AvgIpc) is 2.63. The number of anilines is 1. The Hall–Kier alpha value is -2.04. The monoisotopic (exact) mass is 387 g/mol. The van der Waals surface area contributed by atoms with Crippen LogP contribution in [0.2, 0.25) is 0 Å². The Kier molecular flexibility index (Phi) is 7.90. The zero-order chi connectivity index (χ0) is 20.8. The topological polar surface area (TPSA) is 66.6 Å². The molecule has 1 aliphatic rings. The van der Waals surface area contributed by atoms with E-state index in [1.807, 2.05) is 11.8 Å². The van der Waals surface area contributed by atoms with E-state index in [4.69, 9.17) is 5.73 Å². The van der Waals surface area contributed by atoms with Crippen molar-refractivity contribution in [1.29, 1.82) is 0 Å². The zero-order valence-electron chi connectivity index (χ0n) is 18.1. The van der Waals surface area contributed by atoms with Gasteiger partial charge >= 0.3 is 0 Å².